The number of urea groups is 1. The summed E-state index contributed by atoms with van der Waals surface area (Å²) in [7, 11) is 0. The van der Waals surface area contributed by atoms with Crippen LogP contribution in [0.3, 0.4) is 0 Å². The van der Waals surface area contributed by atoms with Gasteiger partial charge in [-0.3, -0.25) is 5.32 Å². The van der Waals surface area contributed by atoms with E-state index in [9.17, 15) is 9.90 Å². The number of rotatable bonds is 7. The molecule has 20 heavy (non-hydrogen) atoms. The molecule has 1 saturated carbocycles. The van der Waals surface area contributed by atoms with Crippen molar-refractivity contribution >= 4 is 11.8 Å². The summed E-state index contributed by atoms with van der Waals surface area (Å²) in [5.74, 6) is 1.19. The fourth-order valence-corrected chi connectivity index (χ4v) is 1.69. The van der Waals surface area contributed by atoms with Crippen LogP contribution in [0.1, 0.15) is 18.4 Å². The van der Waals surface area contributed by atoms with Crippen LogP contribution in [0.25, 0.3) is 0 Å². The Morgan fingerprint density at radius 3 is 3.10 bits per heavy atom. The number of amides is 2. The maximum Gasteiger partial charge on any atom is 0.320 e. The van der Waals surface area contributed by atoms with Gasteiger partial charge in [0.1, 0.15) is 5.82 Å². The highest BCUT2D eigenvalue weighted by Gasteiger charge is 2.21. The summed E-state index contributed by atoms with van der Waals surface area (Å²) < 4.78 is 5.35. The van der Waals surface area contributed by atoms with Crippen LogP contribution in [0.2, 0.25) is 0 Å². The van der Waals surface area contributed by atoms with E-state index in [0.29, 0.717) is 18.3 Å². The zero-order chi connectivity index (χ0) is 14.4. The zero-order valence-corrected chi connectivity index (χ0v) is 11.6. The van der Waals surface area contributed by atoms with Crippen molar-refractivity contribution in [1.82, 2.24) is 10.3 Å². The first-order valence-corrected chi connectivity index (χ1v) is 6.87. The Morgan fingerprint density at radius 2 is 2.40 bits per heavy atom. The maximum atomic E-state index is 11.6. The van der Waals surface area contributed by atoms with Crippen molar-refractivity contribution in [1.29, 1.82) is 0 Å². The third-order valence-electron chi connectivity index (χ3n) is 3.10. The molecular formula is C14H21N3O3. The number of aromatic nitrogens is 1. The van der Waals surface area contributed by atoms with Crippen LogP contribution in [-0.2, 0) is 4.74 Å². The van der Waals surface area contributed by atoms with Crippen LogP contribution in [-0.4, -0.2) is 42.0 Å². The lowest BCUT2D eigenvalue weighted by atomic mass is 10.3. The molecule has 0 bridgehead atoms. The second-order valence-electron chi connectivity index (χ2n) is 5.14. The van der Waals surface area contributed by atoms with Gasteiger partial charge >= 0.3 is 6.03 Å². The zero-order valence-electron chi connectivity index (χ0n) is 11.6. The number of nitrogens with zero attached hydrogens (tertiary/aromatic N) is 1. The molecule has 6 heteroatoms. The smallest absolute Gasteiger partial charge is 0.320 e. The number of nitrogens with one attached hydrogen (secondary N) is 2. The van der Waals surface area contributed by atoms with Gasteiger partial charge in [-0.2, -0.15) is 0 Å². The summed E-state index contributed by atoms with van der Waals surface area (Å²) in [6.45, 7) is 2.97. The van der Waals surface area contributed by atoms with E-state index in [2.05, 4.69) is 15.6 Å². The topological polar surface area (TPSA) is 83.5 Å². The summed E-state index contributed by atoms with van der Waals surface area (Å²) in [6.07, 6.45) is 3.37. The first-order valence-electron chi connectivity index (χ1n) is 6.87. The molecule has 3 N–H and O–H groups in total. The molecule has 0 aliphatic heterocycles. The summed E-state index contributed by atoms with van der Waals surface area (Å²) >= 11 is 0. The molecule has 1 fully saturated rings. The molecule has 2 rings (SSSR count). The molecule has 110 valence electrons. The summed E-state index contributed by atoms with van der Waals surface area (Å²) in [6, 6.07) is 3.29. The summed E-state index contributed by atoms with van der Waals surface area (Å²) in [4.78, 5) is 15.7. The van der Waals surface area contributed by atoms with E-state index in [1.54, 1.807) is 12.3 Å². The Morgan fingerprint density at radius 1 is 1.60 bits per heavy atom. The number of carbonyl (C=O) groups excluding carboxylic acids is 1. The monoisotopic (exact) mass is 279 g/mol. The summed E-state index contributed by atoms with van der Waals surface area (Å²) in [5, 5.41) is 14.9. The average Bonchev–Trinajstić information content (AvgIpc) is 3.23. The third kappa shape index (κ3) is 5.14. The largest absolute Gasteiger partial charge is 0.389 e. The van der Waals surface area contributed by atoms with Crippen LogP contribution in [0.5, 0.6) is 0 Å². The van der Waals surface area contributed by atoms with Crippen molar-refractivity contribution in [3.8, 4) is 0 Å². The van der Waals surface area contributed by atoms with Gasteiger partial charge in [0, 0.05) is 19.3 Å². The van der Waals surface area contributed by atoms with E-state index in [1.165, 1.54) is 12.8 Å². The van der Waals surface area contributed by atoms with Gasteiger partial charge in [0.25, 0.3) is 0 Å². The molecule has 1 unspecified atom stereocenters. The minimum absolute atomic E-state index is 0.155. The lowest BCUT2D eigenvalue weighted by Gasteiger charge is -2.13. The Balaban J connectivity index is 1.62. The van der Waals surface area contributed by atoms with Crippen molar-refractivity contribution in [3.05, 3.63) is 23.9 Å². The van der Waals surface area contributed by atoms with E-state index in [-0.39, 0.29) is 19.2 Å². The van der Waals surface area contributed by atoms with Gasteiger partial charge in [-0.25, -0.2) is 9.78 Å². The van der Waals surface area contributed by atoms with Crippen LogP contribution in [0, 0.1) is 12.8 Å². The number of aryl methyl sites for hydroxylation is 1. The number of anilines is 1. The Bertz CT molecular complexity index is 449. The van der Waals surface area contributed by atoms with E-state index in [4.69, 9.17) is 4.74 Å². The lowest BCUT2D eigenvalue weighted by Crippen LogP contribution is -2.37. The molecule has 1 aromatic heterocycles. The number of aliphatic hydroxyl groups excluding tert-OH is 1. The number of carbonyl (C=O) groups is 1. The van der Waals surface area contributed by atoms with Gasteiger partial charge in [0.15, 0.2) is 0 Å². The molecule has 0 aromatic carbocycles. The molecule has 1 aromatic rings. The molecular weight excluding hydrogens is 258 g/mol. The Kier molecular flexibility index (Phi) is 5.31. The molecule has 0 radical (unpaired) electrons. The van der Waals surface area contributed by atoms with Crippen LogP contribution >= 0.6 is 0 Å². The van der Waals surface area contributed by atoms with E-state index < -0.39 is 6.10 Å². The normalized spacial score (nSPS) is 15.7. The first kappa shape index (κ1) is 14.7. The van der Waals surface area contributed by atoms with Gasteiger partial charge in [0.2, 0.25) is 0 Å². The minimum Gasteiger partial charge on any atom is -0.389 e. The van der Waals surface area contributed by atoms with Gasteiger partial charge < -0.3 is 15.2 Å². The number of pyridine rings is 1. The van der Waals surface area contributed by atoms with Gasteiger partial charge in [-0.15, -0.1) is 0 Å². The van der Waals surface area contributed by atoms with E-state index in [1.807, 2.05) is 13.0 Å². The minimum atomic E-state index is -0.690. The van der Waals surface area contributed by atoms with Crippen molar-refractivity contribution < 1.29 is 14.6 Å². The van der Waals surface area contributed by atoms with Crippen LogP contribution in [0.4, 0.5) is 10.6 Å². The van der Waals surface area contributed by atoms with Crippen molar-refractivity contribution in [2.75, 3.05) is 25.1 Å². The molecule has 1 aliphatic rings. The second-order valence-corrected chi connectivity index (χ2v) is 5.14. The Labute approximate surface area is 118 Å². The quantitative estimate of drug-likeness (QED) is 0.702. The highest BCUT2D eigenvalue weighted by Crippen LogP contribution is 2.28. The molecule has 1 heterocycles. The Hall–Kier alpha value is -1.66. The SMILES string of the molecule is Cc1cccnc1NC(=O)NCC(O)COCC1CC1. The van der Waals surface area contributed by atoms with Crippen molar-refractivity contribution in [2.24, 2.45) is 5.92 Å². The molecule has 0 saturated heterocycles. The standard InChI is InChI=1S/C14H21N3O3/c1-10-3-2-6-15-13(10)17-14(19)16-7-12(18)9-20-8-11-4-5-11/h2-3,6,11-12,18H,4-5,7-9H2,1H3,(H2,15,16,17,19). The van der Waals surface area contributed by atoms with Gasteiger partial charge in [-0.1, -0.05) is 6.07 Å². The van der Waals surface area contributed by atoms with E-state index >= 15 is 0 Å². The maximum absolute atomic E-state index is 11.6. The van der Waals surface area contributed by atoms with Crippen molar-refractivity contribution in [2.45, 2.75) is 25.9 Å². The molecule has 1 aliphatic carbocycles. The highest BCUT2D eigenvalue weighted by atomic mass is 16.5. The first-order chi connectivity index (χ1) is 9.65. The predicted octanol–water partition coefficient (Wildman–Crippen LogP) is 1.30. The fourth-order valence-electron chi connectivity index (χ4n) is 1.69. The van der Waals surface area contributed by atoms with Crippen LogP contribution in [0.15, 0.2) is 18.3 Å². The number of ether oxygens (including phenoxy) is 1. The summed E-state index contributed by atoms with van der Waals surface area (Å²) in [5.41, 5.74) is 0.885. The number of hydrogen-bond donors (Lipinski definition) is 3. The highest BCUT2D eigenvalue weighted by molar-refractivity contribution is 5.88. The average molecular weight is 279 g/mol. The predicted molar refractivity (Wildman–Crippen MR) is 75.5 cm³/mol. The molecule has 1 atom stereocenters. The fraction of sp³-hybridized carbons (Fsp3) is 0.571. The second kappa shape index (κ2) is 7.21. The third-order valence-corrected chi connectivity index (χ3v) is 3.10. The lowest BCUT2D eigenvalue weighted by molar-refractivity contribution is 0.0339. The van der Waals surface area contributed by atoms with Gasteiger partial charge in [0.05, 0.1) is 12.7 Å². The van der Waals surface area contributed by atoms with E-state index in [0.717, 1.165) is 5.56 Å². The number of hydrogen-bond acceptors (Lipinski definition) is 4. The van der Waals surface area contributed by atoms with Crippen molar-refractivity contribution in [3.63, 3.8) is 0 Å². The van der Waals surface area contributed by atoms with Gasteiger partial charge in [-0.05, 0) is 37.3 Å². The molecule has 0 spiro atoms. The number of aliphatic hydroxyl groups is 1. The molecule has 6 nitrogen and oxygen atoms in total. The van der Waals surface area contributed by atoms with Crippen LogP contribution < -0.4 is 10.6 Å². The molecule has 2 amide bonds.